The van der Waals surface area contributed by atoms with Crippen LogP contribution in [0.15, 0.2) is 12.1 Å². The van der Waals surface area contributed by atoms with Gasteiger partial charge < -0.3 is 15.2 Å². The van der Waals surface area contributed by atoms with Crippen LogP contribution in [0.4, 0.5) is 0 Å². The summed E-state index contributed by atoms with van der Waals surface area (Å²) in [5.74, 6) is 1.72. The average Bonchev–Trinajstić information content (AvgIpc) is 2.26. The van der Waals surface area contributed by atoms with Gasteiger partial charge in [0.25, 0.3) is 0 Å². The van der Waals surface area contributed by atoms with E-state index in [9.17, 15) is 0 Å². The largest absolute Gasteiger partial charge is 0.496 e. The fourth-order valence-corrected chi connectivity index (χ4v) is 1.64. The molecule has 0 radical (unpaired) electrons. The Morgan fingerprint density at radius 2 is 1.57 bits per heavy atom. The van der Waals surface area contributed by atoms with E-state index in [0.717, 1.165) is 29.0 Å². The van der Waals surface area contributed by atoms with Crippen molar-refractivity contribution in [3.63, 3.8) is 0 Å². The zero-order valence-electron chi connectivity index (χ0n) is 8.96. The van der Waals surface area contributed by atoms with E-state index in [1.165, 1.54) is 0 Å². The molecule has 0 aliphatic rings. The van der Waals surface area contributed by atoms with Crippen LogP contribution in [0.25, 0.3) is 0 Å². The van der Waals surface area contributed by atoms with Crippen molar-refractivity contribution in [2.45, 2.75) is 19.9 Å². The Bertz CT molecular complexity index is 279. The van der Waals surface area contributed by atoms with Crippen LogP contribution in [0, 0.1) is 0 Å². The molecular formula is C11H17NO2. The normalized spacial score (nSPS) is 10.0. The third-order valence-corrected chi connectivity index (χ3v) is 2.34. The molecule has 1 rings (SSSR count). The SMILES string of the molecule is CCc1c(OC)ccc(OC)c1CN. The van der Waals surface area contributed by atoms with Crippen LogP contribution in [-0.2, 0) is 13.0 Å². The molecule has 0 saturated carbocycles. The zero-order valence-corrected chi connectivity index (χ0v) is 8.96. The Balaban J connectivity index is 3.28. The molecule has 0 amide bonds. The Hall–Kier alpha value is -1.22. The molecule has 3 heteroatoms. The Labute approximate surface area is 84.8 Å². The van der Waals surface area contributed by atoms with Crippen molar-refractivity contribution >= 4 is 0 Å². The van der Waals surface area contributed by atoms with Crippen LogP contribution < -0.4 is 15.2 Å². The second-order valence-corrected chi connectivity index (χ2v) is 2.98. The molecule has 3 nitrogen and oxygen atoms in total. The molecule has 0 atom stereocenters. The van der Waals surface area contributed by atoms with Crippen LogP contribution in [0.2, 0.25) is 0 Å². The molecule has 0 fully saturated rings. The molecule has 0 heterocycles. The summed E-state index contributed by atoms with van der Waals surface area (Å²) >= 11 is 0. The highest BCUT2D eigenvalue weighted by Gasteiger charge is 2.11. The zero-order chi connectivity index (χ0) is 10.6. The minimum absolute atomic E-state index is 0.476. The van der Waals surface area contributed by atoms with Crippen molar-refractivity contribution < 1.29 is 9.47 Å². The van der Waals surface area contributed by atoms with Crippen molar-refractivity contribution in [1.29, 1.82) is 0 Å². The van der Waals surface area contributed by atoms with Crippen LogP contribution in [0.3, 0.4) is 0 Å². The van der Waals surface area contributed by atoms with Gasteiger partial charge in [-0.05, 0) is 18.6 Å². The lowest BCUT2D eigenvalue weighted by atomic mass is 10.0. The van der Waals surface area contributed by atoms with Crippen molar-refractivity contribution in [1.82, 2.24) is 0 Å². The number of methoxy groups -OCH3 is 2. The predicted octanol–water partition coefficient (Wildman–Crippen LogP) is 1.72. The van der Waals surface area contributed by atoms with Crippen molar-refractivity contribution in [3.8, 4) is 11.5 Å². The fraction of sp³-hybridized carbons (Fsp3) is 0.455. The van der Waals surface area contributed by atoms with E-state index in [1.807, 2.05) is 12.1 Å². The smallest absolute Gasteiger partial charge is 0.123 e. The first-order chi connectivity index (χ1) is 6.78. The number of benzene rings is 1. The van der Waals surface area contributed by atoms with Crippen molar-refractivity contribution in [2.75, 3.05) is 14.2 Å². The molecule has 0 saturated heterocycles. The van der Waals surface area contributed by atoms with Gasteiger partial charge in [-0.3, -0.25) is 0 Å². The maximum Gasteiger partial charge on any atom is 0.123 e. The third-order valence-electron chi connectivity index (χ3n) is 2.34. The molecule has 2 N–H and O–H groups in total. The van der Waals surface area contributed by atoms with E-state index in [0.29, 0.717) is 6.54 Å². The summed E-state index contributed by atoms with van der Waals surface area (Å²) in [6.07, 6.45) is 0.896. The Kier molecular flexibility index (Phi) is 3.77. The second-order valence-electron chi connectivity index (χ2n) is 2.98. The van der Waals surface area contributed by atoms with Crippen LogP contribution in [0.5, 0.6) is 11.5 Å². The molecule has 0 aromatic heterocycles. The Morgan fingerprint density at radius 1 is 1.07 bits per heavy atom. The van der Waals surface area contributed by atoms with E-state index in [2.05, 4.69) is 6.92 Å². The monoisotopic (exact) mass is 195 g/mol. The molecule has 0 unspecified atom stereocenters. The fourth-order valence-electron chi connectivity index (χ4n) is 1.64. The maximum absolute atomic E-state index is 5.69. The molecule has 1 aromatic carbocycles. The van der Waals surface area contributed by atoms with Crippen LogP contribution >= 0.6 is 0 Å². The quantitative estimate of drug-likeness (QED) is 0.795. The first-order valence-corrected chi connectivity index (χ1v) is 4.71. The van der Waals surface area contributed by atoms with Gasteiger partial charge in [0.2, 0.25) is 0 Å². The van der Waals surface area contributed by atoms with Crippen LogP contribution in [-0.4, -0.2) is 14.2 Å². The van der Waals surface area contributed by atoms with Crippen LogP contribution in [0.1, 0.15) is 18.1 Å². The maximum atomic E-state index is 5.69. The lowest BCUT2D eigenvalue weighted by molar-refractivity contribution is 0.395. The summed E-state index contributed by atoms with van der Waals surface area (Å²) in [6, 6.07) is 3.80. The van der Waals surface area contributed by atoms with E-state index in [1.54, 1.807) is 14.2 Å². The average molecular weight is 195 g/mol. The van der Waals surface area contributed by atoms with Gasteiger partial charge in [-0.2, -0.15) is 0 Å². The lowest BCUT2D eigenvalue weighted by Crippen LogP contribution is -2.05. The van der Waals surface area contributed by atoms with E-state index in [4.69, 9.17) is 15.2 Å². The van der Waals surface area contributed by atoms with Crippen molar-refractivity contribution in [3.05, 3.63) is 23.3 Å². The first-order valence-electron chi connectivity index (χ1n) is 4.71. The standard InChI is InChI=1S/C11H17NO2/c1-4-8-9(7-12)11(14-3)6-5-10(8)13-2/h5-6H,4,7,12H2,1-3H3. The lowest BCUT2D eigenvalue weighted by Gasteiger charge is -2.14. The second kappa shape index (κ2) is 4.86. The highest BCUT2D eigenvalue weighted by atomic mass is 16.5. The summed E-state index contributed by atoms with van der Waals surface area (Å²) in [5.41, 5.74) is 7.86. The summed E-state index contributed by atoms with van der Waals surface area (Å²) in [6.45, 7) is 2.56. The third kappa shape index (κ3) is 1.82. The number of hydrogen-bond donors (Lipinski definition) is 1. The van der Waals surface area contributed by atoms with Gasteiger partial charge in [-0.1, -0.05) is 6.92 Å². The first kappa shape index (κ1) is 10.9. The minimum Gasteiger partial charge on any atom is -0.496 e. The highest BCUT2D eigenvalue weighted by molar-refractivity contribution is 5.48. The number of rotatable bonds is 4. The summed E-state index contributed by atoms with van der Waals surface area (Å²) in [5, 5.41) is 0. The van der Waals surface area contributed by atoms with Gasteiger partial charge in [0.05, 0.1) is 14.2 Å². The highest BCUT2D eigenvalue weighted by Crippen LogP contribution is 2.30. The van der Waals surface area contributed by atoms with E-state index < -0.39 is 0 Å². The van der Waals surface area contributed by atoms with E-state index >= 15 is 0 Å². The molecule has 14 heavy (non-hydrogen) atoms. The van der Waals surface area contributed by atoms with Gasteiger partial charge in [-0.25, -0.2) is 0 Å². The number of nitrogens with two attached hydrogens (primary N) is 1. The number of hydrogen-bond acceptors (Lipinski definition) is 3. The van der Waals surface area contributed by atoms with Gasteiger partial charge in [0, 0.05) is 17.7 Å². The summed E-state index contributed by atoms with van der Waals surface area (Å²) < 4.78 is 10.5. The van der Waals surface area contributed by atoms with Gasteiger partial charge >= 0.3 is 0 Å². The van der Waals surface area contributed by atoms with Crippen molar-refractivity contribution in [2.24, 2.45) is 5.73 Å². The summed E-state index contributed by atoms with van der Waals surface area (Å²) in [7, 11) is 3.32. The number of ether oxygens (including phenoxy) is 2. The molecular weight excluding hydrogens is 178 g/mol. The Morgan fingerprint density at radius 3 is 1.93 bits per heavy atom. The molecule has 1 aromatic rings. The summed E-state index contributed by atoms with van der Waals surface area (Å²) in [4.78, 5) is 0. The molecule has 0 spiro atoms. The molecule has 0 bridgehead atoms. The van der Waals surface area contributed by atoms with E-state index in [-0.39, 0.29) is 0 Å². The predicted molar refractivity (Wildman–Crippen MR) is 56.8 cm³/mol. The topological polar surface area (TPSA) is 44.5 Å². The molecule has 0 aliphatic heterocycles. The van der Waals surface area contributed by atoms with Gasteiger partial charge in [0.1, 0.15) is 11.5 Å². The molecule has 0 aliphatic carbocycles. The minimum atomic E-state index is 0.476. The van der Waals surface area contributed by atoms with Gasteiger partial charge in [-0.15, -0.1) is 0 Å². The van der Waals surface area contributed by atoms with Gasteiger partial charge in [0.15, 0.2) is 0 Å². The molecule has 78 valence electrons.